The number of phenols is 1. The molecule has 1 heterocycles. The average molecular weight is 329 g/mol. The van der Waals surface area contributed by atoms with Crippen molar-refractivity contribution in [2.45, 2.75) is 0 Å². The van der Waals surface area contributed by atoms with Crippen LogP contribution in [0.15, 0.2) is 36.4 Å². The highest BCUT2D eigenvalue weighted by molar-refractivity contribution is 5.89. The quantitative estimate of drug-likeness (QED) is 0.384. The molecule has 1 aliphatic heterocycles. The van der Waals surface area contributed by atoms with Gasteiger partial charge in [-0.3, -0.25) is 0 Å². The lowest BCUT2D eigenvalue weighted by atomic mass is 10.2. The van der Waals surface area contributed by atoms with E-state index in [4.69, 9.17) is 24.7 Å². The molecule has 0 spiro atoms. The summed E-state index contributed by atoms with van der Waals surface area (Å²) in [5.41, 5.74) is 6.76. The van der Waals surface area contributed by atoms with Gasteiger partial charge in [0, 0.05) is 18.2 Å². The molecule has 24 heavy (non-hydrogen) atoms. The first kappa shape index (κ1) is 15.5. The zero-order valence-corrected chi connectivity index (χ0v) is 12.8. The van der Waals surface area contributed by atoms with Gasteiger partial charge in [-0.1, -0.05) is 6.07 Å². The number of benzene rings is 2. The van der Waals surface area contributed by atoms with Crippen LogP contribution in [0.5, 0.6) is 28.7 Å². The topological polar surface area (TPSA) is 100 Å². The maximum absolute atomic E-state index is 11.9. The summed E-state index contributed by atoms with van der Waals surface area (Å²) >= 11 is 0. The molecular formula is C17H15NO6. The number of esters is 1. The predicted molar refractivity (Wildman–Crippen MR) is 86.3 cm³/mol. The van der Waals surface area contributed by atoms with Crippen LogP contribution in [0.3, 0.4) is 0 Å². The molecule has 0 saturated heterocycles. The molecule has 0 fully saturated rings. The highest BCUT2D eigenvalue weighted by atomic mass is 16.7. The summed E-state index contributed by atoms with van der Waals surface area (Å²) in [6.07, 6.45) is 2.78. The molecule has 1 aliphatic rings. The van der Waals surface area contributed by atoms with Crippen LogP contribution in [0.2, 0.25) is 0 Å². The molecule has 2 aromatic rings. The van der Waals surface area contributed by atoms with Gasteiger partial charge in [0.1, 0.15) is 0 Å². The Morgan fingerprint density at radius 2 is 1.96 bits per heavy atom. The van der Waals surface area contributed by atoms with E-state index in [1.54, 1.807) is 18.2 Å². The zero-order valence-electron chi connectivity index (χ0n) is 12.8. The molecule has 3 N–H and O–H groups in total. The number of methoxy groups -OCH3 is 1. The molecule has 0 aliphatic carbocycles. The molecule has 2 aromatic carbocycles. The summed E-state index contributed by atoms with van der Waals surface area (Å²) in [6, 6.07) is 7.75. The standard InChI is InChI=1S/C17H15NO6/c1-21-14-6-10(2-4-12(14)19)3-5-17(20)24-13-8-16-15(7-11(13)18)22-9-23-16/h2-8,19H,9,18H2,1H3. The van der Waals surface area contributed by atoms with Crippen LogP contribution in [0.25, 0.3) is 6.08 Å². The first-order chi connectivity index (χ1) is 11.6. The monoisotopic (exact) mass is 329 g/mol. The highest BCUT2D eigenvalue weighted by Crippen LogP contribution is 2.39. The van der Waals surface area contributed by atoms with Crippen molar-refractivity contribution < 1.29 is 28.8 Å². The Morgan fingerprint density at radius 3 is 2.71 bits per heavy atom. The van der Waals surface area contributed by atoms with Gasteiger partial charge in [-0.05, 0) is 23.8 Å². The van der Waals surface area contributed by atoms with Crippen LogP contribution in [0, 0.1) is 0 Å². The number of fused-ring (bicyclic) bond motifs is 1. The summed E-state index contributed by atoms with van der Waals surface area (Å²) < 4.78 is 20.6. The van der Waals surface area contributed by atoms with Gasteiger partial charge >= 0.3 is 5.97 Å². The third-order valence-electron chi connectivity index (χ3n) is 3.33. The van der Waals surface area contributed by atoms with Crippen LogP contribution in [-0.4, -0.2) is 25.0 Å². The Bertz CT molecular complexity index is 815. The van der Waals surface area contributed by atoms with E-state index in [-0.39, 0.29) is 24.0 Å². The normalized spacial score (nSPS) is 12.4. The van der Waals surface area contributed by atoms with E-state index in [0.29, 0.717) is 22.8 Å². The van der Waals surface area contributed by atoms with Gasteiger partial charge in [0.05, 0.1) is 12.8 Å². The minimum atomic E-state index is -0.604. The van der Waals surface area contributed by atoms with Gasteiger partial charge in [-0.15, -0.1) is 0 Å². The van der Waals surface area contributed by atoms with E-state index in [9.17, 15) is 9.90 Å². The van der Waals surface area contributed by atoms with Crippen LogP contribution in [0.4, 0.5) is 5.69 Å². The molecule has 7 nitrogen and oxygen atoms in total. The van der Waals surface area contributed by atoms with E-state index >= 15 is 0 Å². The lowest BCUT2D eigenvalue weighted by Gasteiger charge is -2.06. The number of phenolic OH excluding ortho intramolecular Hbond substituents is 1. The second-order valence-corrected chi connectivity index (χ2v) is 4.93. The Hall–Kier alpha value is -3.35. The molecule has 124 valence electrons. The number of nitrogens with two attached hydrogens (primary N) is 1. The van der Waals surface area contributed by atoms with Crippen molar-refractivity contribution in [2.75, 3.05) is 19.6 Å². The van der Waals surface area contributed by atoms with Gasteiger partial charge in [0.25, 0.3) is 0 Å². The minimum absolute atomic E-state index is 0.0189. The number of carbonyl (C=O) groups is 1. The molecule has 0 aromatic heterocycles. The lowest BCUT2D eigenvalue weighted by molar-refractivity contribution is -0.128. The van der Waals surface area contributed by atoms with Crippen LogP contribution < -0.4 is 24.7 Å². The second-order valence-electron chi connectivity index (χ2n) is 4.93. The van der Waals surface area contributed by atoms with Gasteiger partial charge < -0.3 is 29.8 Å². The van der Waals surface area contributed by atoms with Crippen LogP contribution in [-0.2, 0) is 4.79 Å². The van der Waals surface area contributed by atoms with Crippen molar-refractivity contribution in [2.24, 2.45) is 0 Å². The van der Waals surface area contributed by atoms with Crippen LogP contribution in [0.1, 0.15) is 5.56 Å². The fourth-order valence-corrected chi connectivity index (χ4v) is 2.13. The fourth-order valence-electron chi connectivity index (χ4n) is 2.13. The number of carbonyl (C=O) groups excluding carboxylic acids is 1. The van der Waals surface area contributed by atoms with Gasteiger partial charge in [-0.25, -0.2) is 4.79 Å². The highest BCUT2D eigenvalue weighted by Gasteiger charge is 2.17. The maximum Gasteiger partial charge on any atom is 0.336 e. The summed E-state index contributed by atoms with van der Waals surface area (Å²) in [6.45, 7) is 0.106. The van der Waals surface area contributed by atoms with Crippen molar-refractivity contribution in [3.63, 3.8) is 0 Å². The molecule has 0 unspecified atom stereocenters. The number of aromatic hydroxyl groups is 1. The lowest BCUT2D eigenvalue weighted by Crippen LogP contribution is -2.05. The number of rotatable bonds is 4. The molecule has 7 heteroatoms. The molecule has 0 bridgehead atoms. The molecule has 0 saturated carbocycles. The summed E-state index contributed by atoms with van der Waals surface area (Å²) in [5.74, 6) is 0.902. The van der Waals surface area contributed by atoms with Gasteiger partial charge in [0.15, 0.2) is 28.7 Å². The first-order valence-corrected chi connectivity index (χ1v) is 7.03. The van der Waals surface area contributed by atoms with E-state index in [0.717, 1.165) is 0 Å². The van der Waals surface area contributed by atoms with Crippen molar-refractivity contribution in [1.29, 1.82) is 0 Å². The number of anilines is 1. The Kier molecular flexibility index (Phi) is 4.15. The molecule has 0 amide bonds. The summed E-state index contributed by atoms with van der Waals surface area (Å²) in [7, 11) is 1.44. The molecular weight excluding hydrogens is 314 g/mol. The van der Waals surface area contributed by atoms with Gasteiger partial charge in [-0.2, -0.15) is 0 Å². The van der Waals surface area contributed by atoms with Crippen molar-refractivity contribution in [3.05, 3.63) is 42.0 Å². The van der Waals surface area contributed by atoms with Crippen LogP contribution >= 0.6 is 0 Å². The predicted octanol–water partition coefficient (Wildman–Crippen LogP) is 2.33. The Balaban J connectivity index is 1.72. The molecule has 3 rings (SSSR count). The Morgan fingerprint density at radius 1 is 1.21 bits per heavy atom. The zero-order chi connectivity index (χ0) is 17.1. The minimum Gasteiger partial charge on any atom is -0.504 e. The first-order valence-electron chi connectivity index (χ1n) is 7.03. The van der Waals surface area contributed by atoms with Crippen molar-refractivity contribution in [3.8, 4) is 28.7 Å². The van der Waals surface area contributed by atoms with E-state index in [1.165, 1.54) is 31.4 Å². The smallest absolute Gasteiger partial charge is 0.336 e. The maximum atomic E-state index is 11.9. The largest absolute Gasteiger partial charge is 0.504 e. The average Bonchev–Trinajstić information content (AvgIpc) is 3.01. The van der Waals surface area contributed by atoms with Gasteiger partial charge in [0.2, 0.25) is 6.79 Å². The third-order valence-corrected chi connectivity index (χ3v) is 3.33. The van der Waals surface area contributed by atoms with E-state index in [1.807, 2.05) is 0 Å². The second kappa shape index (κ2) is 6.41. The van der Waals surface area contributed by atoms with Crippen molar-refractivity contribution in [1.82, 2.24) is 0 Å². The number of ether oxygens (including phenoxy) is 4. The number of hydrogen-bond acceptors (Lipinski definition) is 7. The van der Waals surface area contributed by atoms with E-state index < -0.39 is 5.97 Å². The SMILES string of the molecule is COc1cc(C=CC(=O)Oc2cc3c(cc2N)OCO3)ccc1O. The molecule has 0 radical (unpaired) electrons. The summed E-state index contributed by atoms with van der Waals surface area (Å²) in [5, 5.41) is 9.54. The fraction of sp³-hybridized carbons (Fsp3) is 0.118. The Labute approximate surface area is 137 Å². The van der Waals surface area contributed by atoms with Crippen molar-refractivity contribution >= 4 is 17.7 Å². The molecule has 0 atom stereocenters. The number of hydrogen-bond donors (Lipinski definition) is 2. The van der Waals surface area contributed by atoms with E-state index in [2.05, 4.69) is 0 Å². The summed E-state index contributed by atoms with van der Waals surface area (Å²) in [4.78, 5) is 11.9. The third kappa shape index (κ3) is 3.19. The number of nitrogen functional groups attached to an aromatic ring is 1.